The molecule has 0 bridgehead atoms. The molecular weight excluding hydrogens is 227 g/mol. The van der Waals surface area contributed by atoms with Gasteiger partial charge in [-0.15, -0.1) is 0 Å². The van der Waals surface area contributed by atoms with Crippen LogP contribution in [0.2, 0.25) is 5.02 Å². The Morgan fingerprint density at radius 1 is 1.00 bits per heavy atom. The molecule has 0 unspecified atom stereocenters. The van der Waals surface area contributed by atoms with Gasteiger partial charge in [-0.3, -0.25) is 0 Å². The molecule has 1 N–H and O–H groups in total. The van der Waals surface area contributed by atoms with Crippen molar-refractivity contribution in [2.45, 2.75) is 6.10 Å². The molecule has 3 heteroatoms. The van der Waals surface area contributed by atoms with E-state index in [2.05, 4.69) is 0 Å². The molecule has 0 saturated carbocycles. The summed E-state index contributed by atoms with van der Waals surface area (Å²) in [6.45, 7) is 0. The van der Waals surface area contributed by atoms with E-state index >= 15 is 0 Å². The standard InChI is InChI=1S/C13H10ClFO/c14-12-4-2-1-3-11(12)13(16)9-5-7-10(15)8-6-9/h1-8,13,16H/t13-/m0/s1. The van der Waals surface area contributed by atoms with E-state index in [1.165, 1.54) is 12.1 Å². The van der Waals surface area contributed by atoms with Crippen molar-refractivity contribution < 1.29 is 9.50 Å². The second-order valence-corrected chi connectivity index (χ2v) is 3.88. The van der Waals surface area contributed by atoms with E-state index in [0.29, 0.717) is 16.1 Å². The van der Waals surface area contributed by atoms with Crippen molar-refractivity contribution in [1.82, 2.24) is 0 Å². The van der Waals surface area contributed by atoms with E-state index in [0.717, 1.165) is 0 Å². The number of rotatable bonds is 2. The Bertz CT molecular complexity index is 482. The first-order valence-corrected chi connectivity index (χ1v) is 5.24. The van der Waals surface area contributed by atoms with Crippen molar-refractivity contribution in [3.63, 3.8) is 0 Å². The fourth-order valence-electron chi connectivity index (χ4n) is 1.52. The summed E-state index contributed by atoms with van der Waals surface area (Å²) < 4.78 is 12.7. The fourth-order valence-corrected chi connectivity index (χ4v) is 1.76. The molecule has 0 aliphatic heterocycles. The maximum Gasteiger partial charge on any atom is 0.123 e. The van der Waals surface area contributed by atoms with E-state index in [1.54, 1.807) is 36.4 Å². The average molecular weight is 237 g/mol. The molecule has 16 heavy (non-hydrogen) atoms. The second-order valence-electron chi connectivity index (χ2n) is 3.48. The van der Waals surface area contributed by atoms with Crippen LogP contribution in [0.4, 0.5) is 4.39 Å². The molecule has 0 spiro atoms. The highest BCUT2D eigenvalue weighted by Crippen LogP contribution is 2.27. The third-order valence-corrected chi connectivity index (χ3v) is 2.73. The molecule has 2 aromatic carbocycles. The lowest BCUT2D eigenvalue weighted by atomic mass is 10.0. The summed E-state index contributed by atoms with van der Waals surface area (Å²) in [6.07, 6.45) is -0.825. The molecule has 0 aliphatic rings. The second kappa shape index (κ2) is 4.64. The molecule has 2 aromatic rings. The smallest absolute Gasteiger partial charge is 0.123 e. The van der Waals surface area contributed by atoms with E-state index in [9.17, 15) is 9.50 Å². The number of halogens is 2. The molecule has 1 atom stereocenters. The van der Waals surface area contributed by atoms with Crippen molar-refractivity contribution in [2.75, 3.05) is 0 Å². The first kappa shape index (κ1) is 11.1. The summed E-state index contributed by atoms with van der Waals surface area (Å²) in [5, 5.41) is 10.6. The van der Waals surface area contributed by atoms with Gasteiger partial charge in [0.2, 0.25) is 0 Å². The predicted octanol–water partition coefficient (Wildman–Crippen LogP) is 3.56. The highest BCUT2D eigenvalue weighted by Gasteiger charge is 2.12. The molecule has 0 aliphatic carbocycles. The van der Waals surface area contributed by atoms with Crippen LogP contribution in [0.15, 0.2) is 48.5 Å². The van der Waals surface area contributed by atoms with Gasteiger partial charge in [-0.1, -0.05) is 41.9 Å². The van der Waals surface area contributed by atoms with Crippen molar-refractivity contribution in [2.24, 2.45) is 0 Å². The topological polar surface area (TPSA) is 20.2 Å². The third kappa shape index (κ3) is 2.23. The lowest BCUT2D eigenvalue weighted by Gasteiger charge is -2.12. The van der Waals surface area contributed by atoms with Gasteiger partial charge in [-0.25, -0.2) is 4.39 Å². The lowest BCUT2D eigenvalue weighted by Crippen LogP contribution is -2.00. The minimum Gasteiger partial charge on any atom is -0.384 e. The number of hydrogen-bond donors (Lipinski definition) is 1. The average Bonchev–Trinajstić information content (AvgIpc) is 2.30. The van der Waals surface area contributed by atoms with E-state index in [4.69, 9.17) is 11.6 Å². The van der Waals surface area contributed by atoms with Crippen LogP contribution in [0.3, 0.4) is 0 Å². The van der Waals surface area contributed by atoms with Gasteiger partial charge in [0.15, 0.2) is 0 Å². The Hall–Kier alpha value is -1.38. The van der Waals surface area contributed by atoms with Gasteiger partial charge >= 0.3 is 0 Å². The monoisotopic (exact) mass is 236 g/mol. The molecule has 0 saturated heterocycles. The van der Waals surface area contributed by atoms with Crippen LogP contribution in [0, 0.1) is 5.82 Å². The van der Waals surface area contributed by atoms with Crippen LogP contribution in [0.5, 0.6) is 0 Å². The highest BCUT2D eigenvalue weighted by molar-refractivity contribution is 6.31. The maximum absolute atomic E-state index is 12.7. The zero-order valence-corrected chi connectivity index (χ0v) is 9.16. The van der Waals surface area contributed by atoms with Crippen LogP contribution in [0.25, 0.3) is 0 Å². The summed E-state index contributed by atoms with van der Waals surface area (Å²) in [5.74, 6) is -0.324. The molecule has 82 valence electrons. The van der Waals surface area contributed by atoms with Gasteiger partial charge in [0.05, 0.1) is 0 Å². The van der Waals surface area contributed by atoms with E-state index in [1.807, 2.05) is 0 Å². The molecule has 0 fully saturated rings. The third-order valence-electron chi connectivity index (χ3n) is 2.39. The molecule has 1 nitrogen and oxygen atoms in total. The number of hydrogen-bond acceptors (Lipinski definition) is 1. The van der Waals surface area contributed by atoms with Crippen molar-refractivity contribution >= 4 is 11.6 Å². The molecule has 0 heterocycles. The van der Waals surface area contributed by atoms with Crippen LogP contribution in [0.1, 0.15) is 17.2 Å². The van der Waals surface area contributed by atoms with Gasteiger partial charge < -0.3 is 5.11 Å². The summed E-state index contributed by atoms with van der Waals surface area (Å²) in [6, 6.07) is 12.8. The Balaban J connectivity index is 2.35. The zero-order chi connectivity index (χ0) is 11.5. The highest BCUT2D eigenvalue weighted by atomic mass is 35.5. The quantitative estimate of drug-likeness (QED) is 0.845. The predicted molar refractivity (Wildman–Crippen MR) is 61.9 cm³/mol. The summed E-state index contributed by atoms with van der Waals surface area (Å²) in [5.41, 5.74) is 1.24. The zero-order valence-electron chi connectivity index (χ0n) is 8.40. The summed E-state index contributed by atoms with van der Waals surface area (Å²) in [7, 11) is 0. The Kier molecular flexibility index (Phi) is 3.22. The lowest BCUT2D eigenvalue weighted by molar-refractivity contribution is 0.220. The Morgan fingerprint density at radius 3 is 2.25 bits per heavy atom. The van der Waals surface area contributed by atoms with Gasteiger partial charge in [-0.2, -0.15) is 0 Å². The van der Waals surface area contributed by atoms with Gasteiger partial charge in [0, 0.05) is 10.6 Å². The molecule has 2 rings (SSSR count). The molecule has 0 aromatic heterocycles. The summed E-state index contributed by atoms with van der Waals surface area (Å²) >= 11 is 5.97. The van der Waals surface area contributed by atoms with Crippen LogP contribution in [-0.2, 0) is 0 Å². The molecule has 0 radical (unpaired) electrons. The minimum atomic E-state index is -0.825. The van der Waals surface area contributed by atoms with Crippen LogP contribution >= 0.6 is 11.6 Å². The van der Waals surface area contributed by atoms with E-state index < -0.39 is 6.10 Å². The Morgan fingerprint density at radius 2 is 1.62 bits per heavy atom. The number of benzene rings is 2. The van der Waals surface area contributed by atoms with Crippen molar-refractivity contribution in [3.8, 4) is 0 Å². The number of aliphatic hydroxyl groups is 1. The largest absolute Gasteiger partial charge is 0.384 e. The molecular formula is C13H10ClFO. The van der Waals surface area contributed by atoms with Crippen LogP contribution in [-0.4, -0.2) is 5.11 Å². The maximum atomic E-state index is 12.7. The fraction of sp³-hybridized carbons (Fsp3) is 0.0769. The first-order valence-electron chi connectivity index (χ1n) is 4.86. The normalized spacial score (nSPS) is 12.4. The first-order chi connectivity index (χ1) is 7.68. The number of aliphatic hydroxyl groups excluding tert-OH is 1. The SMILES string of the molecule is O[C@@H](c1ccc(F)cc1)c1ccccc1Cl. The van der Waals surface area contributed by atoms with Gasteiger partial charge in [0.1, 0.15) is 11.9 Å². The van der Waals surface area contributed by atoms with Crippen molar-refractivity contribution in [1.29, 1.82) is 0 Å². The van der Waals surface area contributed by atoms with Gasteiger partial charge in [0.25, 0.3) is 0 Å². The van der Waals surface area contributed by atoms with Crippen molar-refractivity contribution in [3.05, 3.63) is 70.5 Å². The van der Waals surface area contributed by atoms with Crippen LogP contribution < -0.4 is 0 Å². The summed E-state index contributed by atoms with van der Waals surface area (Å²) in [4.78, 5) is 0. The Labute approximate surface area is 98.1 Å². The van der Waals surface area contributed by atoms with E-state index in [-0.39, 0.29) is 5.82 Å². The minimum absolute atomic E-state index is 0.324. The molecule has 0 amide bonds. The van der Waals surface area contributed by atoms with Gasteiger partial charge in [-0.05, 0) is 23.8 Å².